The maximum Gasteiger partial charge on any atom is 0.135 e. The molecule has 0 saturated heterocycles. The summed E-state index contributed by atoms with van der Waals surface area (Å²) in [4.78, 5) is 0. The summed E-state index contributed by atoms with van der Waals surface area (Å²) in [5, 5.41) is 23.8. The van der Waals surface area contributed by atoms with Crippen molar-refractivity contribution in [1.29, 1.82) is 0 Å². The number of aliphatic hydroxyl groups excluding tert-OH is 1. The second-order valence-electron chi connectivity index (χ2n) is 3.11. The minimum Gasteiger partial charge on any atom is -0.388 e. The van der Waals surface area contributed by atoms with Crippen molar-refractivity contribution in [1.82, 2.24) is 25.0 Å². The zero-order valence-corrected chi connectivity index (χ0v) is 7.75. The normalized spacial score (nSPS) is 13.0. The molecular weight excluding hydrogens is 182 g/mol. The van der Waals surface area contributed by atoms with Crippen LogP contribution in [0.3, 0.4) is 0 Å². The molecule has 1 atom stereocenters. The fourth-order valence-corrected chi connectivity index (χ4v) is 1.23. The molecule has 2 heterocycles. The van der Waals surface area contributed by atoms with Crippen LogP contribution in [0.2, 0.25) is 0 Å². The standard InChI is InChI=1S/C8H11N5O/c1-13-5-11-12-8(13)2-7(14)6-3-9-10-4-6/h3-5,7,14H,2H2,1H3,(H,9,10). The molecule has 6 nitrogen and oxygen atoms in total. The summed E-state index contributed by atoms with van der Waals surface area (Å²) in [6.45, 7) is 0. The van der Waals surface area contributed by atoms with E-state index in [4.69, 9.17) is 0 Å². The molecule has 0 amide bonds. The summed E-state index contributed by atoms with van der Waals surface area (Å²) in [5.41, 5.74) is 0.757. The highest BCUT2D eigenvalue weighted by atomic mass is 16.3. The van der Waals surface area contributed by atoms with Gasteiger partial charge in [-0.1, -0.05) is 0 Å². The van der Waals surface area contributed by atoms with Crippen molar-refractivity contribution >= 4 is 0 Å². The number of aromatic nitrogens is 5. The number of hydrogen-bond acceptors (Lipinski definition) is 4. The first kappa shape index (κ1) is 8.89. The highest BCUT2D eigenvalue weighted by molar-refractivity contribution is 5.08. The van der Waals surface area contributed by atoms with Crippen molar-refractivity contribution < 1.29 is 5.11 Å². The summed E-state index contributed by atoms with van der Waals surface area (Å²) in [6.07, 6.45) is 4.73. The van der Waals surface area contributed by atoms with Crippen LogP contribution in [0.1, 0.15) is 17.5 Å². The molecule has 0 bridgehead atoms. The second-order valence-corrected chi connectivity index (χ2v) is 3.11. The molecule has 74 valence electrons. The SMILES string of the molecule is Cn1cnnc1CC(O)c1cn[nH]c1. The summed E-state index contributed by atoms with van der Waals surface area (Å²) < 4.78 is 1.78. The lowest BCUT2D eigenvalue weighted by Gasteiger charge is -2.06. The Balaban J connectivity index is 2.09. The molecule has 2 rings (SSSR count). The van der Waals surface area contributed by atoms with Gasteiger partial charge in [-0.3, -0.25) is 5.10 Å². The predicted octanol–water partition coefficient (Wildman–Crippen LogP) is -0.186. The topological polar surface area (TPSA) is 79.6 Å². The van der Waals surface area contributed by atoms with Crippen LogP contribution in [0.25, 0.3) is 0 Å². The van der Waals surface area contributed by atoms with Crippen molar-refractivity contribution in [2.24, 2.45) is 7.05 Å². The molecule has 1 unspecified atom stereocenters. The van der Waals surface area contributed by atoms with Gasteiger partial charge in [0, 0.05) is 25.2 Å². The summed E-state index contributed by atoms with van der Waals surface area (Å²) in [5.74, 6) is 0.749. The number of rotatable bonds is 3. The highest BCUT2D eigenvalue weighted by Gasteiger charge is 2.12. The van der Waals surface area contributed by atoms with Gasteiger partial charge in [-0.05, 0) is 0 Å². The lowest BCUT2D eigenvalue weighted by molar-refractivity contribution is 0.175. The van der Waals surface area contributed by atoms with Crippen LogP contribution in [-0.4, -0.2) is 30.1 Å². The third-order valence-electron chi connectivity index (χ3n) is 2.09. The molecule has 0 aliphatic rings. The van der Waals surface area contributed by atoms with Gasteiger partial charge in [0.05, 0.1) is 12.3 Å². The Bertz CT molecular complexity index is 394. The molecular formula is C8H11N5O. The Morgan fingerprint density at radius 1 is 1.64 bits per heavy atom. The number of H-pyrrole nitrogens is 1. The predicted molar refractivity (Wildman–Crippen MR) is 48.3 cm³/mol. The van der Waals surface area contributed by atoms with E-state index >= 15 is 0 Å². The molecule has 0 aliphatic carbocycles. The van der Waals surface area contributed by atoms with Crippen molar-refractivity contribution in [3.05, 3.63) is 30.1 Å². The van der Waals surface area contributed by atoms with Crippen LogP contribution in [-0.2, 0) is 13.5 Å². The van der Waals surface area contributed by atoms with Crippen LogP contribution in [0.15, 0.2) is 18.7 Å². The Kier molecular flexibility index (Phi) is 2.28. The van der Waals surface area contributed by atoms with Crippen LogP contribution < -0.4 is 0 Å². The zero-order valence-electron chi connectivity index (χ0n) is 7.75. The highest BCUT2D eigenvalue weighted by Crippen LogP contribution is 2.14. The molecule has 0 saturated carbocycles. The van der Waals surface area contributed by atoms with Gasteiger partial charge < -0.3 is 9.67 Å². The molecule has 0 spiro atoms. The van der Waals surface area contributed by atoms with Gasteiger partial charge in [0.25, 0.3) is 0 Å². The van der Waals surface area contributed by atoms with Crippen LogP contribution in [0, 0.1) is 0 Å². The van der Waals surface area contributed by atoms with Gasteiger partial charge in [-0.15, -0.1) is 10.2 Å². The van der Waals surface area contributed by atoms with Gasteiger partial charge in [0.2, 0.25) is 0 Å². The Morgan fingerprint density at radius 3 is 3.07 bits per heavy atom. The van der Waals surface area contributed by atoms with Crippen molar-refractivity contribution in [2.45, 2.75) is 12.5 Å². The fraction of sp³-hybridized carbons (Fsp3) is 0.375. The summed E-state index contributed by atoms with van der Waals surface area (Å²) in [7, 11) is 1.84. The average Bonchev–Trinajstić information content (AvgIpc) is 2.77. The average molecular weight is 193 g/mol. The first-order valence-electron chi connectivity index (χ1n) is 4.27. The maximum absolute atomic E-state index is 9.76. The zero-order chi connectivity index (χ0) is 9.97. The van der Waals surface area contributed by atoms with Gasteiger partial charge in [-0.2, -0.15) is 5.10 Å². The van der Waals surface area contributed by atoms with E-state index in [1.807, 2.05) is 7.05 Å². The van der Waals surface area contributed by atoms with Gasteiger partial charge in [-0.25, -0.2) is 0 Å². The molecule has 14 heavy (non-hydrogen) atoms. The van der Waals surface area contributed by atoms with Gasteiger partial charge in [0.15, 0.2) is 0 Å². The van der Waals surface area contributed by atoms with Crippen LogP contribution >= 0.6 is 0 Å². The van der Waals surface area contributed by atoms with E-state index in [0.29, 0.717) is 6.42 Å². The third-order valence-corrected chi connectivity index (χ3v) is 2.09. The number of aryl methyl sites for hydroxylation is 1. The van der Waals surface area contributed by atoms with Gasteiger partial charge >= 0.3 is 0 Å². The fourth-order valence-electron chi connectivity index (χ4n) is 1.23. The summed E-state index contributed by atoms with van der Waals surface area (Å²) in [6, 6.07) is 0. The minimum absolute atomic E-state index is 0.441. The largest absolute Gasteiger partial charge is 0.388 e. The van der Waals surface area contributed by atoms with E-state index in [9.17, 15) is 5.11 Å². The van der Waals surface area contributed by atoms with Crippen molar-refractivity contribution in [2.75, 3.05) is 0 Å². The van der Waals surface area contributed by atoms with E-state index in [0.717, 1.165) is 11.4 Å². The van der Waals surface area contributed by atoms with Crippen molar-refractivity contribution in [3.8, 4) is 0 Å². The molecule has 2 N–H and O–H groups in total. The minimum atomic E-state index is -0.586. The smallest absolute Gasteiger partial charge is 0.135 e. The molecule has 6 heteroatoms. The quantitative estimate of drug-likeness (QED) is 0.708. The second kappa shape index (κ2) is 3.59. The van der Waals surface area contributed by atoms with E-state index in [-0.39, 0.29) is 0 Å². The monoisotopic (exact) mass is 193 g/mol. The van der Waals surface area contributed by atoms with Crippen LogP contribution in [0.4, 0.5) is 0 Å². The van der Waals surface area contributed by atoms with E-state index in [2.05, 4.69) is 20.4 Å². The van der Waals surface area contributed by atoms with Crippen LogP contribution in [0.5, 0.6) is 0 Å². The molecule has 2 aromatic heterocycles. The maximum atomic E-state index is 9.76. The molecule has 0 aliphatic heterocycles. The van der Waals surface area contributed by atoms with Crippen molar-refractivity contribution in [3.63, 3.8) is 0 Å². The molecule has 2 aromatic rings. The Hall–Kier alpha value is -1.69. The summed E-state index contributed by atoms with van der Waals surface area (Å²) >= 11 is 0. The van der Waals surface area contributed by atoms with E-state index in [1.54, 1.807) is 23.3 Å². The van der Waals surface area contributed by atoms with Gasteiger partial charge in [0.1, 0.15) is 12.2 Å². The first-order valence-corrected chi connectivity index (χ1v) is 4.27. The van der Waals surface area contributed by atoms with E-state index in [1.165, 1.54) is 0 Å². The Labute approximate surface area is 80.6 Å². The lowest BCUT2D eigenvalue weighted by atomic mass is 10.1. The molecule has 0 fully saturated rings. The number of hydrogen-bond donors (Lipinski definition) is 2. The van der Waals surface area contributed by atoms with E-state index < -0.39 is 6.10 Å². The number of nitrogens with zero attached hydrogens (tertiary/aromatic N) is 4. The number of nitrogens with one attached hydrogen (secondary N) is 1. The number of aromatic amines is 1. The first-order chi connectivity index (χ1) is 6.77. The molecule has 0 aromatic carbocycles. The Morgan fingerprint density at radius 2 is 2.50 bits per heavy atom. The lowest BCUT2D eigenvalue weighted by Crippen LogP contribution is -2.05. The third kappa shape index (κ3) is 1.64. The molecule has 0 radical (unpaired) electrons. The number of aliphatic hydroxyl groups is 1.